The zero-order chi connectivity index (χ0) is 21.3. The highest BCUT2D eigenvalue weighted by molar-refractivity contribution is 6.07. The molecule has 0 fully saturated rings. The number of phenols is 1. The maximum Gasteiger partial charge on any atom is 0.260 e. The first-order valence-electron chi connectivity index (χ1n) is 9.38. The maximum atomic E-state index is 12.9. The fraction of sp³-hybridized carbons (Fsp3) is 0.476. The van der Waals surface area contributed by atoms with E-state index in [4.69, 9.17) is 0 Å². The van der Waals surface area contributed by atoms with Gasteiger partial charge in [0.2, 0.25) is 5.91 Å². The predicted octanol–water partition coefficient (Wildman–Crippen LogP) is 4.24. The van der Waals surface area contributed by atoms with E-state index >= 15 is 0 Å². The molecule has 2 rings (SSSR count). The van der Waals surface area contributed by atoms with Gasteiger partial charge in [0.05, 0.1) is 16.8 Å². The molecule has 0 saturated carbocycles. The minimum absolute atomic E-state index is 0.0767. The van der Waals surface area contributed by atoms with Crippen LogP contribution in [-0.4, -0.2) is 26.7 Å². The summed E-state index contributed by atoms with van der Waals surface area (Å²) in [5.74, 6) is -0.261. The van der Waals surface area contributed by atoms with E-state index in [-0.39, 0.29) is 28.2 Å². The second-order valence-electron chi connectivity index (χ2n) is 8.84. The third-order valence-electron chi connectivity index (χ3n) is 4.20. The molecule has 28 heavy (non-hydrogen) atoms. The molecule has 152 valence electrons. The number of hydrogen-bond donors (Lipinski definition) is 3. The molecule has 1 aromatic heterocycles. The van der Waals surface area contributed by atoms with Gasteiger partial charge in [-0.15, -0.1) is 0 Å². The molecule has 1 aromatic carbocycles. The fourth-order valence-electron chi connectivity index (χ4n) is 2.58. The van der Waals surface area contributed by atoms with Crippen LogP contribution in [0.2, 0.25) is 0 Å². The van der Waals surface area contributed by atoms with Crippen molar-refractivity contribution in [3.63, 3.8) is 0 Å². The number of anilines is 2. The lowest BCUT2D eigenvalue weighted by molar-refractivity contribution is -0.115. The third-order valence-corrected chi connectivity index (χ3v) is 4.20. The van der Waals surface area contributed by atoms with Gasteiger partial charge in [-0.05, 0) is 39.0 Å². The fourth-order valence-corrected chi connectivity index (χ4v) is 2.58. The molecule has 0 aliphatic rings. The Labute approximate surface area is 166 Å². The Morgan fingerprint density at radius 3 is 2.25 bits per heavy atom. The van der Waals surface area contributed by atoms with Gasteiger partial charge in [-0.25, -0.2) is 4.68 Å². The van der Waals surface area contributed by atoms with Crippen molar-refractivity contribution in [1.29, 1.82) is 0 Å². The summed E-state index contributed by atoms with van der Waals surface area (Å²) in [6.07, 6.45) is 0.322. The van der Waals surface area contributed by atoms with Crippen LogP contribution in [0.5, 0.6) is 5.75 Å². The molecule has 0 bridgehead atoms. The number of nitrogens with one attached hydrogen (secondary N) is 2. The Kier molecular flexibility index (Phi) is 5.87. The van der Waals surface area contributed by atoms with E-state index in [1.165, 1.54) is 12.1 Å². The first-order chi connectivity index (χ1) is 12.8. The molecule has 0 aliphatic heterocycles. The summed E-state index contributed by atoms with van der Waals surface area (Å²) in [6, 6.07) is 6.25. The van der Waals surface area contributed by atoms with Crippen LogP contribution >= 0.6 is 0 Å². The van der Waals surface area contributed by atoms with Crippen LogP contribution in [0.1, 0.15) is 70.9 Å². The van der Waals surface area contributed by atoms with E-state index in [2.05, 4.69) is 36.5 Å². The van der Waals surface area contributed by atoms with Crippen LogP contribution < -0.4 is 10.6 Å². The average Bonchev–Trinajstić information content (AvgIpc) is 3.00. The van der Waals surface area contributed by atoms with Crippen molar-refractivity contribution in [1.82, 2.24) is 9.78 Å². The summed E-state index contributed by atoms with van der Waals surface area (Å²) in [5.41, 5.74) is 0.862. The monoisotopic (exact) mass is 386 g/mol. The predicted molar refractivity (Wildman–Crippen MR) is 111 cm³/mol. The SMILES string of the molecule is CCC(=O)Nc1ccc(O)c(C(=O)Nc2cc(C(C)(C)C)nn2C(C)(C)C)c1. The largest absolute Gasteiger partial charge is 0.507 e. The zero-order valence-corrected chi connectivity index (χ0v) is 17.7. The number of carbonyl (C=O) groups is 2. The third kappa shape index (κ3) is 4.91. The summed E-state index contributed by atoms with van der Waals surface area (Å²) < 4.78 is 1.77. The molecular weight excluding hydrogens is 356 g/mol. The second kappa shape index (κ2) is 7.66. The molecule has 7 nitrogen and oxygen atoms in total. The Bertz CT molecular complexity index is 886. The van der Waals surface area contributed by atoms with Gasteiger partial charge in [0.15, 0.2) is 0 Å². The minimum Gasteiger partial charge on any atom is -0.507 e. The van der Waals surface area contributed by atoms with Crippen LogP contribution in [0.3, 0.4) is 0 Å². The molecule has 0 radical (unpaired) electrons. The quantitative estimate of drug-likeness (QED) is 0.685. The van der Waals surface area contributed by atoms with Crippen molar-refractivity contribution in [2.45, 2.75) is 65.8 Å². The summed E-state index contributed by atoms with van der Waals surface area (Å²) in [6.45, 7) is 13.9. The average molecular weight is 386 g/mol. The number of aromatic nitrogens is 2. The van der Waals surface area contributed by atoms with Crippen molar-refractivity contribution >= 4 is 23.3 Å². The van der Waals surface area contributed by atoms with E-state index in [0.717, 1.165) is 5.69 Å². The number of hydrogen-bond acceptors (Lipinski definition) is 4. The number of phenolic OH excluding ortho intramolecular Hbond substituents is 1. The molecule has 0 aliphatic carbocycles. The van der Waals surface area contributed by atoms with Gasteiger partial charge >= 0.3 is 0 Å². The molecule has 7 heteroatoms. The number of benzene rings is 1. The van der Waals surface area contributed by atoms with Gasteiger partial charge in [0.25, 0.3) is 5.91 Å². The molecule has 0 spiro atoms. The van der Waals surface area contributed by atoms with Crippen molar-refractivity contribution in [2.75, 3.05) is 10.6 Å². The number of carbonyl (C=O) groups excluding carboxylic acids is 2. The van der Waals surface area contributed by atoms with Crippen molar-refractivity contribution < 1.29 is 14.7 Å². The van der Waals surface area contributed by atoms with Gasteiger partial charge in [-0.2, -0.15) is 5.10 Å². The molecule has 3 N–H and O–H groups in total. The van der Waals surface area contributed by atoms with E-state index in [1.807, 2.05) is 26.8 Å². The van der Waals surface area contributed by atoms with Crippen LogP contribution in [0.15, 0.2) is 24.3 Å². The summed E-state index contributed by atoms with van der Waals surface area (Å²) in [4.78, 5) is 24.5. The van der Waals surface area contributed by atoms with Crippen molar-refractivity contribution in [3.8, 4) is 5.75 Å². The highest BCUT2D eigenvalue weighted by Crippen LogP contribution is 2.29. The molecule has 2 amide bonds. The van der Waals surface area contributed by atoms with Crippen molar-refractivity contribution in [2.24, 2.45) is 0 Å². The van der Waals surface area contributed by atoms with Crippen LogP contribution in [0.4, 0.5) is 11.5 Å². The van der Waals surface area contributed by atoms with E-state index in [0.29, 0.717) is 17.9 Å². The van der Waals surface area contributed by atoms with Gasteiger partial charge in [-0.3, -0.25) is 9.59 Å². The Hall–Kier alpha value is -2.83. The van der Waals surface area contributed by atoms with E-state index < -0.39 is 5.91 Å². The molecule has 1 heterocycles. The van der Waals surface area contributed by atoms with Gasteiger partial charge in [0.1, 0.15) is 11.6 Å². The lowest BCUT2D eigenvalue weighted by Crippen LogP contribution is -2.27. The molecule has 0 atom stereocenters. The number of nitrogens with zero attached hydrogens (tertiary/aromatic N) is 2. The first kappa shape index (κ1) is 21.5. The summed E-state index contributed by atoms with van der Waals surface area (Å²) >= 11 is 0. The van der Waals surface area contributed by atoms with E-state index in [1.54, 1.807) is 17.7 Å². The smallest absolute Gasteiger partial charge is 0.260 e. The standard InChI is InChI=1S/C21H30N4O3/c1-8-18(27)22-13-9-10-15(26)14(11-13)19(28)23-17-12-16(20(2,3)4)24-25(17)21(5,6)7/h9-12,26H,8H2,1-7H3,(H,22,27)(H,23,28). The first-order valence-corrected chi connectivity index (χ1v) is 9.38. The molecule has 2 aromatic rings. The van der Waals surface area contributed by atoms with Crippen LogP contribution in [-0.2, 0) is 15.7 Å². The zero-order valence-electron chi connectivity index (χ0n) is 17.7. The maximum absolute atomic E-state index is 12.9. The topological polar surface area (TPSA) is 96.2 Å². The Morgan fingerprint density at radius 1 is 1.07 bits per heavy atom. The number of aromatic hydroxyl groups is 1. The molecule has 0 saturated heterocycles. The molecular formula is C21H30N4O3. The molecule has 0 unspecified atom stereocenters. The number of amides is 2. The van der Waals surface area contributed by atoms with Crippen molar-refractivity contribution in [3.05, 3.63) is 35.5 Å². The summed E-state index contributed by atoms with van der Waals surface area (Å²) in [5, 5.41) is 20.4. The van der Waals surface area contributed by atoms with Gasteiger partial charge < -0.3 is 15.7 Å². The lowest BCUT2D eigenvalue weighted by Gasteiger charge is -2.23. The van der Waals surface area contributed by atoms with Crippen LogP contribution in [0.25, 0.3) is 0 Å². The number of rotatable bonds is 4. The van der Waals surface area contributed by atoms with Gasteiger partial charge in [0, 0.05) is 23.6 Å². The second-order valence-corrected chi connectivity index (χ2v) is 8.84. The highest BCUT2D eigenvalue weighted by Gasteiger charge is 2.26. The van der Waals surface area contributed by atoms with Crippen LogP contribution in [0, 0.1) is 0 Å². The van der Waals surface area contributed by atoms with Gasteiger partial charge in [-0.1, -0.05) is 27.7 Å². The normalized spacial score (nSPS) is 12.0. The Morgan fingerprint density at radius 2 is 1.71 bits per heavy atom. The Balaban J connectivity index is 2.38. The minimum atomic E-state index is -0.476. The summed E-state index contributed by atoms with van der Waals surface area (Å²) in [7, 11) is 0. The lowest BCUT2D eigenvalue weighted by atomic mass is 9.92. The highest BCUT2D eigenvalue weighted by atomic mass is 16.3. The van der Waals surface area contributed by atoms with E-state index in [9.17, 15) is 14.7 Å².